The molecule has 1 rings (SSSR count). The van der Waals surface area contributed by atoms with Gasteiger partial charge in [-0.2, -0.15) is 0 Å². The fourth-order valence-electron chi connectivity index (χ4n) is 2.27. The number of ether oxygens (including phenoxy) is 1. The molecule has 2 atom stereocenters. The lowest BCUT2D eigenvalue weighted by Gasteiger charge is -2.37. The SMILES string of the molecule is COCCNC(=NCC(=O)N(C)C)N1CCC(C)C(C)C1. The second kappa shape index (κ2) is 8.87. The van der Waals surface area contributed by atoms with E-state index in [1.807, 2.05) is 0 Å². The second-order valence-electron chi connectivity index (χ2n) is 6.04. The van der Waals surface area contributed by atoms with Gasteiger partial charge >= 0.3 is 0 Å². The zero-order valence-corrected chi connectivity index (χ0v) is 14.1. The number of likely N-dealkylation sites (N-methyl/N-ethyl adjacent to an activating group) is 1. The first kappa shape index (κ1) is 17.8. The molecule has 6 heteroatoms. The third-order valence-electron chi connectivity index (χ3n) is 4.09. The summed E-state index contributed by atoms with van der Waals surface area (Å²) in [5, 5.41) is 3.30. The lowest BCUT2D eigenvalue weighted by Crippen LogP contribution is -2.49. The van der Waals surface area contributed by atoms with E-state index in [1.165, 1.54) is 0 Å². The summed E-state index contributed by atoms with van der Waals surface area (Å²) in [6.07, 6.45) is 1.16. The van der Waals surface area contributed by atoms with Crippen molar-refractivity contribution in [3.63, 3.8) is 0 Å². The summed E-state index contributed by atoms with van der Waals surface area (Å²) >= 11 is 0. The lowest BCUT2D eigenvalue weighted by atomic mass is 9.89. The van der Waals surface area contributed by atoms with Gasteiger partial charge < -0.3 is 19.9 Å². The van der Waals surface area contributed by atoms with E-state index < -0.39 is 0 Å². The number of piperidine rings is 1. The molecule has 21 heavy (non-hydrogen) atoms. The van der Waals surface area contributed by atoms with Crippen molar-refractivity contribution in [1.82, 2.24) is 15.1 Å². The molecule has 1 aliphatic heterocycles. The average molecular weight is 298 g/mol. The van der Waals surface area contributed by atoms with Gasteiger partial charge in [-0.1, -0.05) is 13.8 Å². The van der Waals surface area contributed by atoms with Crippen LogP contribution in [0.5, 0.6) is 0 Å². The van der Waals surface area contributed by atoms with Crippen molar-refractivity contribution < 1.29 is 9.53 Å². The topological polar surface area (TPSA) is 57.2 Å². The summed E-state index contributed by atoms with van der Waals surface area (Å²) in [6, 6.07) is 0. The number of carbonyl (C=O) groups is 1. The first-order chi connectivity index (χ1) is 9.95. The van der Waals surface area contributed by atoms with Crippen molar-refractivity contribution in [3.05, 3.63) is 0 Å². The molecule has 0 aromatic heterocycles. The molecule has 0 radical (unpaired) electrons. The molecule has 1 aliphatic rings. The quantitative estimate of drug-likeness (QED) is 0.460. The van der Waals surface area contributed by atoms with E-state index in [1.54, 1.807) is 26.1 Å². The molecule has 6 nitrogen and oxygen atoms in total. The van der Waals surface area contributed by atoms with E-state index in [0.29, 0.717) is 19.1 Å². The van der Waals surface area contributed by atoms with Gasteiger partial charge in [-0.3, -0.25) is 4.79 Å². The number of amides is 1. The molecule has 0 aromatic rings. The van der Waals surface area contributed by atoms with Crippen molar-refractivity contribution >= 4 is 11.9 Å². The molecular formula is C15H30N4O2. The first-order valence-corrected chi connectivity index (χ1v) is 7.68. The molecule has 1 saturated heterocycles. The molecule has 0 bridgehead atoms. The van der Waals surface area contributed by atoms with E-state index in [-0.39, 0.29) is 12.5 Å². The number of hydrogen-bond acceptors (Lipinski definition) is 3. The standard InChI is InChI=1S/C15H30N4O2/c1-12-6-8-19(11-13(12)2)15(16-7-9-21-5)17-10-14(20)18(3)4/h12-13H,6-11H2,1-5H3,(H,16,17). The summed E-state index contributed by atoms with van der Waals surface area (Å²) in [6.45, 7) is 8.05. The number of hydrogen-bond donors (Lipinski definition) is 1. The van der Waals surface area contributed by atoms with Gasteiger partial charge in [0.25, 0.3) is 0 Å². The van der Waals surface area contributed by atoms with Gasteiger partial charge in [0.15, 0.2) is 5.96 Å². The maximum Gasteiger partial charge on any atom is 0.243 e. The predicted molar refractivity (Wildman–Crippen MR) is 85.4 cm³/mol. The van der Waals surface area contributed by atoms with Crippen LogP contribution in [0.25, 0.3) is 0 Å². The molecule has 1 heterocycles. The number of likely N-dealkylation sites (tertiary alicyclic amines) is 1. The molecule has 1 amide bonds. The first-order valence-electron chi connectivity index (χ1n) is 7.68. The highest BCUT2D eigenvalue weighted by atomic mass is 16.5. The number of nitrogens with zero attached hydrogens (tertiary/aromatic N) is 3. The van der Waals surface area contributed by atoms with Crippen molar-refractivity contribution in [2.75, 3.05) is 54.0 Å². The highest BCUT2D eigenvalue weighted by Crippen LogP contribution is 2.22. The van der Waals surface area contributed by atoms with Crippen molar-refractivity contribution in [2.24, 2.45) is 16.8 Å². The largest absolute Gasteiger partial charge is 0.383 e. The van der Waals surface area contributed by atoms with Crippen LogP contribution in [0.4, 0.5) is 0 Å². The normalized spacial score (nSPS) is 23.1. The number of nitrogens with one attached hydrogen (secondary N) is 1. The molecule has 0 aromatic carbocycles. The Balaban J connectivity index is 2.67. The molecule has 2 unspecified atom stereocenters. The van der Waals surface area contributed by atoms with E-state index in [4.69, 9.17) is 4.74 Å². The average Bonchev–Trinajstić information content (AvgIpc) is 2.45. The van der Waals surface area contributed by atoms with Crippen LogP contribution < -0.4 is 5.32 Å². The van der Waals surface area contributed by atoms with Crippen LogP contribution >= 0.6 is 0 Å². The molecule has 0 aliphatic carbocycles. The van der Waals surface area contributed by atoms with Gasteiger partial charge in [0, 0.05) is 40.8 Å². The number of aliphatic imine (C=N–C) groups is 1. The smallest absolute Gasteiger partial charge is 0.243 e. The molecule has 0 spiro atoms. The zero-order chi connectivity index (χ0) is 15.8. The molecule has 1 fully saturated rings. The zero-order valence-electron chi connectivity index (χ0n) is 14.1. The summed E-state index contributed by atoms with van der Waals surface area (Å²) < 4.78 is 5.07. The third kappa shape index (κ3) is 5.91. The Hall–Kier alpha value is -1.30. The monoisotopic (exact) mass is 298 g/mol. The minimum absolute atomic E-state index is 0.0134. The van der Waals surface area contributed by atoms with Gasteiger partial charge in [0.1, 0.15) is 6.54 Å². The van der Waals surface area contributed by atoms with Crippen LogP contribution in [-0.4, -0.2) is 75.7 Å². The Morgan fingerprint density at radius 1 is 1.38 bits per heavy atom. The molecule has 1 N–H and O–H groups in total. The van der Waals surface area contributed by atoms with Crippen molar-refractivity contribution in [3.8, 4) is 0 Å². The van der Waals surface area contributed by atoms with Crippen molar-refractivity contribution in [1.29, 1.82) is 0 Å². The molecular weight excluding hydrogens is 268 g/mol. The van der Waals surface area contributed by atoms with Gasteiger partial charge in [-0.15, -0.1) is 0 Å². The van der Waals surface area contributed by atoms with Crippen LogP contribution in [0.2, 0.25) is 0 Å². The number of methoxy groups -OCH3 is 1. The van der Waals surface area contributed by atoms with E-state index >= 15 is 0 Å². The minimum Gasteiger partial charge on any atom is -0.383 e. The highest BCUT2D eigenvalue weighted by Gasteiger charge is 2.24. The van der Waals surface area contributed by atoms with Crippen LogP contribution in [0.3, 0.4) is 0 Å². The number of rotatable bonds is 5. The van der Waals surface area contributed by atoms with Crippen LogP contribution in [0.15, 0.2) is 4.99 Å². The van der Waals surface area contributed by atoms with Gasteiger partial charge in [-0.25, -0.2) is 4.99 Å². The maximum absolute atomic E-state index is 11.7. The highest BCUT2D eigenvalue weighted by molar-refractivity contribution is 5.84. The Morgan fingerprint density at radius 2 is 2.10 bits per heavy atom. The number of carbonyl (C=O) groups excluding carboxylic acids is 1. The van der Waals surface area contributed by atoms with Crippen LogP contribution in [0, 0.1) is 11.8 Å². The Labute approximate surface area is 128 Å². The van der Waals surface area contributed by atoms with Gasteiger partial charge in [0.2, 0.25) is 5.91 Å². The summed E-state index contributed by atoms with van der Waals surface area (Å²) in [4.78, 5) is 20.0. The van der Waals surface area contributed by atoms with Crippen LogP contribution in [-0.2, 0) is 9.53 Å². The summed E-state index contributed by atoms with van der Waals surface area (Å²) in [5.74, 6) is 2.21. The third-order valence-corrected chi connectivity index (χ3v) is 4.09. The van der Waals surface area contributed by atoms with E-state index in [2.05, 4.69) is 29.1 Å². The minimum atomic E-state index is 0.0134. The Bertz CT molecular complexity index is 358. The van der Waals surface area contributed by atoms with Gasteiger partial charge in [-0.05, 0) is 18.3 Å². The van der Waals surface area contributed by atoms with Gasteiger partial charge in [0.05, 0.1) is 6.61 Å². The molecule has 0 saturated carbocycles. The van der Waals surface area contributed by atoms with E-state index in [0.717, 1.165) is 31.4 Å². The molecule has 122 valence electrons. The fraction of sp³-hybridized carbons (Fsp3) is 0.867. The fourth-order valence-corrected chi connectivity index (χ4v) is 2.27. The number of guanidine groups is 1. The van der Waals surface area contributed by atoms with Crippen molar-refractivity contribution in [2.45, 2.75) is 20.3 Å². The summed E-state index contributed by atoms with van der Waals surface area (Å²) in [7, 11) is 5.18. The van der Waals surface area contributed by atoms with E-state index in [9.17, 15) is 4.79 Å². The lowest BCUT2D eigenvalue weighted by molar-refractivity contribution is -0.127. The summed E-state index contributed by atoms with van der Waals surface area (Å²) in [5.41, 5.74) is 0. The Morgan fingerprint density at radius 3 is 2.67 bits per heavy atom. The second-order valence-corrected chi connectivity index (χ2v) is 6.04. The Kier molecular flexibility index (Phi) is 7.50. The maximum atomic E-state index is 11.7. The predicted octanol–water partition coefficient (Wildman–Crippen LogP) is 0.645. The van der Waals surface area contributed by atoms with Crippen LogP contribution in [0.1, 0.15) is 20.3 Å².